The van der Waals surface area contributed by atoms with Crippen LogP contribution >= 0.6 is 0 Å². The van der Waals surface area contributed by atoms with E-state index >= 15 is 0 Å². The Kier molecular flexibility index (Phi) is 6.26. The molecule has 0 aromatic carbocycles. The van der Waals surface area contributed by atoms with Crippen molar-refractivity contribution in [3.05, 3.63) is 17.6 Å². The Morgan fingerprint density at radius 2 is 2.00 bits per heavy atom. The minimum Gasteiger partial charge on any atom is -0.478 e. The normalized spacial score (nSPS) is 12.6. The number of carboxylic acids is 1. The van der Waals surface area contributed by atoms with E-state index in [1.165, 1.54) is 5.92 Å². The van der Waals surface area contributed by atoms with Crippen LogP contribution in [0, 0.1) is 11.8 Å². The summed E-state index contributed by atoms with van der Waals surface area (Å²) in [6.07, 6.45) is 4.90. The molecule has 0 spiro atoms. The van der Waals surface area contributed by atoms with E-state index in [9.17, 15) is 4.79 Å². The van der Waals surface area contributed by atoms with Gasteiger partial charge in [0.25, 0.3) is 0 Å². The number of hydrogen-bond acceptors (Lipinski definition) is 1. The third-order valence-electron chi connectivity index (χ3n) is 2.00. The van der Waals surface area contributed by atoms with E-state index < -0.39 is 5.97 Å². The molecular formula is C12H21O2. The maximum atomic E-state index is 10.6. The molecule has 0 unspecified atom stereocenters. The first-order valence-corrected chi connectivity index (χ1v) is 5.23. The van der Waals surface area contributed by atoms with E-state index in [1.54, 1.807) is 6.92 Å². The predicted molar refractivity (Wildman–Crippen MR) is 59.0 cm³/mol. The highest BCUT2D eigenvalue weighted by Crippen LogP contribution is 2.22. The van der Waals surface area contributed by atoms with Crippen molar-refractivity contribution in [1.29, 1.82) is 0 Å². The maximum Gasteiger partial charge on any atom is 0.330 e. The molecule has 0 aliphatic rings. The summed E-state index contributed by atoms with van der Waals surface area (Å²) in [5.41, 5.74) is 0.439. The largest absolute Gasteiger partial charge is 0.478 e. The fourth-order valence-corrected chi connectivity index (χ4v) is 1.45. The lowest BCUT2D eigenvalue weighted by molar-refractivity contribution is -0.132. The van der Waals surface area contributed by atoms with Gasteiger partial charge in [-0.3, -0.25) is 0 Å². The van der Waals surface area contributed by atoms with Crippen LogP contribution in [-0.4, -0.2) is 11.1 Å². The highest BCUT2D eigenvalue weighted by molar-refractivity contribution is 5.86. The average Bonchev–Trinajstić information content (AvgIpc) is 2.02. The fourth-order valence-electron chi connectivity index (χ4n) is 1.45. The van der Waals surface area contributed by atoms with Gasteiger partial charge in [-0.2, -0.15) is 0 Å². The minimum atomic E-state index is -0.817. The zero-order valence-corrected chi connectivity index (χ0v) is 9.63. The molecule has 0 aromatic rings. The van der Waals surface area contributed by atoms with Gasteiger partial charge >= 0.3 is 5.97 Å². The molecule has 0 saturated heterocycles. The van der Waals surface area contributed by atoms with Crippen LogP contribution in [0.25, 0.3) is 0 Å². The number of carboxylic acid groups (broad SMARTS) is 1. The first kappa shape index (κ1) is 13.2. The third kappa shape index (κ3) is 5.79. The SMILES string of the molecule is CCC[C](C=C(C)C(=O)O)CC(C)C. The second-order valence-corrected chi connectivity index (χ2v) is 4.14. The summed E-state index contributed by atoms with van der Waals surface area (Å²) in [6, 6.07) is 0. The van der Waals surface area contributed by atoms with Gasteiger partial charge in [0.05, 0.1) is 0 Å². The Morgan fingerprint density at radius 3 is 2.36 bits per heavy atom. The number of hydrogen-bond donors (Lipinski definition) is 1. The second kappa shape index (κ2) is 6.63. The zero-order valence-electron chi connectivity index (χ0n) is 9.63. The van der Waals surface area contributed by atoms with Crippen LogP contribution in [0.1, 0.15) is 47.0 Å². The molecule has 1 radical (unpaired) electrons. The van der Waals surface area contributed by atoms with E-state index in [4.69, 9.17) is 5.11 Å². The molecule has 0 fully saturated rings. The van der Waals surface area contributed by atoms with Gasteiger partial charge in [-0.15, -0.1) is 0 Å². The summed E-state index contributed by atoms with van der Waals surface area (Å²) in [7, 11) is 0. The summed E-state index contributed by atoms with van der Waals surface area (Å²) in [5, 5.41) is 8.75. The number of rotatable bonds is 6. The van der Waals surface area contributed by atoms with Crippen LogP contribution in [0.3, 0.4) is 0 Å². The summed E-state index contributed by atoms with van der Waals surface area (Å²) in [5.74, 6) is 1.03. The molecule has 0 aliphatic heterocycles. The van der Waals surface area contributed by atoms with Gasteiger partial charge in [0.2, 0.25) is 0 Å². The Balaban J connectivity index is 4.34. The van der Waals surface area contributed by atoms with E-state index in [1.807, 2.05) is 6.08 Å². The molecule has 0 heterocycles. The van der Waals surface area contributed by atoms with Crippen LogP contribution in [0.4, 0.5) is 0 Å². The second-order valence-electron chi connectivity index (χ2n) is 4.14. The van der Waals surface area contributed by atoms with E-state index in [0.29, 0.717) is 11.5 Å². The van der Waals surface area contributed by atoms with Crippen molar-refractivity contribution in [2.24, 2.45) is 5.92 Å². The molecule has 0 saturated carbocycles. The molecule has 14 heavy (non-hydrogen) atoms. The van der Waals surface area contributed by atoms with Gasteiger partial charge in [-0.05, 0) is 31.6 Å². The lowest BCUT2D eigenvalue weighted by atomic mass is 9.91. The van der Waals surface area contributed by atoms with Gasteiger partial charge < -0.3 is 5.11 Å². The number of allylic oxidation sites excluding steroid dienone is 1. The van der Waals surface area contributed by atoms with Crippen molar-refractivity contribution in [3.8, 4) is 0 Å². The standard InChI is InChI=1S/C12H21O2/c1-5-6-11(7-9(2)3)8-10(4)12(13)14/h8-9H,5-7H2,1-4H3,(H,13,14). The molecule has 81 valence electrons. The first-order chi connectivity index (χ1) is 6.47. The monoisotopic (exact) mass is 197 g/mol. The molecule has 2 nitrogen and oxygen atoms in total. The Morgan fingerprint density at radius 1 is 1.43 bits per heavy atom. The van der Waals surface area contributed by atoms with Crippen LogP contribution in [0.15, 0.2) is 11.6 Å². The minimum absolute atomic E-state index is 0.439. The quantitative estimate of drug-likeness (QED) is 0.662. The number of carbonyl (C=O) groups is 1. The molecule has 0 bridgehead atoms. The van der Waals surface area contributed by atoms with E-state index in [-0.39, 0.29) is 0 Å². The van der Waals surface area contributed by atoms with Crippen molar-refractivity contribution < 1.29 is 9.90 Å². The van der Waals surface area contributed by atoms with E-state index in [2.05, 4.69) is 20.8 Å². The molecule has 0 atom stereocenters. The first-order valence-electron chi connectivity index (χ1n) is 5.23. The van der Waals surface area contributed by atoms with Crippen molar-refractivity contribution in [1.82, 2.24) is 0 Å². The third-order valence-corrected chi connectivity index (χ3v) is 2.00. The van der Waals surface area contributed by atoms with Crippen LogP contribution < -0.4 is 0 Å². The van der Waals surface area contributed by atoms with Gasteiger partial charge in [0.1, 0.15) is 0 Å². The maximum absolute atomic E-state index is 10.6. The Labute approximate surface area is 87.0 Å². The highest BCUT2D eigenvalue weighted by atomic mass is 16.4. The molecule has 1 N–H and O–H groups in total. The summed E-state index contributed by atoms with van der Waals surface area (Å²) < 4.78 is 0. The Bertz CT molecular complexity index is 204. The summed E-state index contributed by atoms with van der Waals surface area (Å²) >= 11 is 0. The molecule has 2 heteroatoms. The van der Waals surface area contributed by atoms with Crippen LogP contribution in [0.5, 0.6) is 0 Å². The highest BCUT2D eigenvalue weighted by Gasteiger charge is 2.10. The topological polar surface area (TPSA) is 37.3 Å². The van der Waals surface area contributed by atoms with Gasteiger partial charge in [0, 0.05) is 5.57 Å². The predicted octanol–water partition coefficient (Wildman–Crippen LogP) is 3.44. The van der Waals surface area contributed by atoms with E-state index in [0.717, 1.165) is 19.3 Å². The van der Waals surface area contributed by atoms with Crippen molar-refractivity contribution in [2.45, 2.75) is 47.0 Å². The average molecular weight is 197 g/mol. The lowest BCUT2D eigenvalue weighted by Gasteiger charge is -2.14. The Hall–Kier alpha value is -0.790. The van der Waals surface area contributed by atoms with Gasteiger partial charge in [0.15, 0.2) is 0 Å². The summed E-state index contributed by atoms with van der Waals surface area (Å²) in [4.78, 5) is 10.6. The fraction of sp³-hybridized carbons (Fsp3) is 0.667. The van der Waals surface area contributed by atoms with Crippen LogP contribution in [0.2, 0.25) is 0 Å². The van der Waals surface area contributed by atoms with Crippen molar-refractivity contribution in [2.75, 3.05) is 0 Å². The van der Waals surface area contributed by atoms with Gasteiger partial charge in [-0.25, -0.2) is 4.79 Å². The van der Waals surface area contributed by atoms with Crippen molar-refractivity contribution >= 4 is 5.97 Å². The van der Waals surface area contributed by atoms with Gasteiger partial charge in [-0.1, -0.05) is 33.3 Å². The van der Waals surface area contributed by atoms with Crippen LogP contribution in [-0.2, 0) is 4.79 Å². The lowest BCUT2D eigenvalue weighted by Crippen LogP contribution is -2.03. The molecule has 0 rings (SSSR count). The molecular weight excluding hydrogens is 176 g/mol. The number of aliphatic carboxylic acids is 1. The molecule has 0 aromatic heterocycles. The summed E-state index contributed by atoms with van der Waals surface area (Å²) in [6.45, 7) is 8.07. The molecule has 0 aliphatic carbocycles. The smallest absolute Gasteiger partial charge is 0.330 e. The molecule has 0 amide bonds. The zero-order chi connectivity index (χ0) is 11.1. The van der Waals surface area contributed by atoms with Crippen molar-refractivity contribution in [3.63, 3.8) is 0 Å².